The molecule has 1 atom stereocenters. The van der Waals surface area contributed by atoms with Crippen molar-refractivity contribution < 1.29 is 19.4 Å². The third-order valence-electron chi connectivity index (χ3n) is 4.47. The first-order valence-electron chi connectivity index (χ1n) is 9.26. The molecule has 7 nitrogen and oxygen atoms in total. The molecule has 5 N–H and O–H groups in total. The molecule has 0 aromatic heterocycles. The van der Waals surface area contributed by atoms with Crippen LogP contribution < -0.4 is 20.5 Å². The number of halogens is 1. The number of methoxy groups -OCH3 is 1. The molecule has 3 aromatic rings. The number of carboxylic acids is 1. The smallest absolute Gasteiger partial charge is 0.330 e. The fraction of sp³-hybridized carbons (Fsp3) is 0.130. The molecule has 31 heavy (non-hydrogen) atoms. The Balaban J connectivity index is 0.00000341. The van der Waals surface area contributed by atoms with Crippen LogP contribution in [0.1, 0.15) is 22.7 Å². The maximum atomic E-state index is 12.0. The molecule has 162 valence electrons. The number of carboxylic acid groups (broad SMARTS) is 1. The van der Waals surface area contributed by atoms with Gasteiger partial charge in [-0.2, -0.15) is 0 Å². The van der Waals surface area contributed by atoms with Crippen molar-refractivity contribution in [1.29, 1.82) is 5.41 Å². The van der Waals surface area contributed by atoms with Crippen molar-refractivity contribution in [2.45, 2.75) is 12.6 Å². The molecule has 3 aromatic carbocycles. The highest BCUT2D eigenvalue weighted by Gasteiger charge is 2.21. The van der Waals surface area contributed by atoms with E-state index in [-0.39, 0.29) is 18.2 Å². The topological polar surface area (TPSA) is 118 Å². The zero-order valence-corrected chi connectivity index (χ0v) is 17.7. The molecule has 0 saturated heterocycles. The van der Waals surface area contributed by atoms with Gasteiger partial charge in [-0.15, -0.1) is 12.4 Å². The van der Waals surface area contributed by atoms with E-state index >= 15 is 0 Å². The normalized spacial score (nSPS) is 11.0. The highest BCUT2D eigenvalue weighted by atomic mass is 35.5. The molecule has 1 unspecified atom stereocenters. The predicted molar refractivity (Wildman–Crippen MR) is 122 cm³/mol. The Labute approximate surface area is 186 Å². The molecule has 0 spiro atoms. The zero-order valence-electron chi connectivity index (χ0n) is 16.9. The Bertz CT molecular complexity index is 1030. The molecule has 8 heteroatoms. The van der Waals surface area contributed by atoms with Crippen molar-refractivity contribution in [3.63, 3.8) is 0 Å². The summed E-state index contributed by atoms with van der Waals surface area (Å²) in [5.41, 5.74) is 8.10. The minimum Gasteiger partial charge on any atom is -0.497 e. The van der Waals surface area contributed by atoms with E-state index in [2.05, 4.69) is 5.32 Å². The van der Waals surface area contributed by atoms with Crippen LogP contribution in [0.15, 0.2) is 72.8 Å². The quantitative estimate of drug-likeness (QED) is 0.292. The monoisotopic (exact) mass is 441 g/mol. The standard InChI is InChI=1S/C23H23N3O4.ClH/c1-29-19-11-17(12-20(13-19)30-14-15-5-3-2-4-6-15)21(23(27)28)26-18-9-7-16(8-10-18)22(24)25;/h2-13,21,26H,14H2,1H3,(H3,24,25)(H,27,28);1H. The molecular weight excluding hydrogens is 418 g/mol. The van der Waals surface area contributed by atoms with E-state index in [1.807, 2.05) is 30.3 Å². The maximum absolute atomic E-state index is 12.0. The van der Waals surface area contributed by atoms with Crippen molar-refractivity contribution >= 4 is 29.9 Å². The van der Waals surface area contributed by atoms with Crippen molar-refractivity contribution in [3.8, 4) is 11.5 Å². The van der Waals surface area contributed by atoms with Gasteiger partial charge in [0.1, 0.15) is 23.9 Å². The lowest BCUT2D eigenvalue weighted by Gasteiger charge is -2.18. The summed E-state index contributed by atoms with van der Waals surface area (Å²) in [6.45, 7) is 0.352. The molecule has 0 fully saturated rings. The molecule has 3 rings (SSSR count). The van der Waals surface area contributed by atoms with Gasteiger partial charge < -0.3 is 25.6 Å². The summed E-state index contributed by atoms with van der Waals surface area (Å²) in [7, 11) is 1.52. The van der Waals surface area contributed by atoms with E-state index in [9.17, 15) is 9.90 Å². The van der Waals surface area contributed by atoms with Crippen molar-refractivity contribution in [1.82, 2.24) is 0 Å². The average molecular weight is 442 g/mol. The van der Waals surface area contributed by atoms with Crippen LogP contribution in [0, 0.1) is 5.41 Å². The van der Waals surface area contributed by atoms with Crippen LogP contribution in [-0.2, 0) is 11.4 Å². The van der Waals surface area contributed by atoms with Crippen LogP contribution in [0.5, 0.6) is 11.5 Å². The molecule has 0 aliphatic rings. The summed E-state index contributed by atoms with van der Waals surface area (Å²) in [6, 6.07) is 20.4. The Morgan fingerprint density at radius 3 is 2.29 bits per heavy atom. The number of nitrogens with two attached hydrogens (primary N) is 1. The number of rotatable bonds is 9. The summed E-state index contributed by atoms with van der Waals surface area (Å²) in [6.07, 6.45) is 0. The van der Waals surface area contributed by atoms with Gasteiger partial charge in [0, 0.05) is 17.3 Å². The van der Waals surface area contributed by atoms with Gasteiger partial charge in [-0.1, -0.05) is 30.3 Å². The van der Waals surface area contributed by atoms with Crippen LogP contribution in [-0.4, -0.2) is 24.0 Å². The van der Waals surface area contributed by atoms with Gasteiger partial charge in [0.25, 0.3) is 0 Å². The third-order valence-corrected chi connectivity index (χ3v) is 4.47. The van der Waals surface area contributed by atoms with E-state index in [0.717, 1.165) is 5.56 Å². The van der Waals surface area contributed by atoms with Gasteiger partial charge in [-0.05, 0) is 47.5 Å². The minimum absolute atomic E-state index is 0. The predicted octanol–water partition coefficient (Wildman–Crippen LogP) is 4.22. The largest absolute Gasteiger partial charge is 0.497 e. The number of nitrogen functional groups attached to an aromatic ring is 1. The van der Waals surface area contributed by atoms with Gasteiger partial charge in [0.2, 0.25) is 0 Å². The molecule has 0 bridgehead atoms. The second-order valence-corrected chi connectivity index (χ2v) is 6.62. The first-order valence-corrected chi connectivity index (χ1v) is 9.26. The van der Waals surface area contributed by atoms with Crippen LogP contribution in [0.4, 0.5) is 5.69 Å². The summed E-state index contributed by atoms with van der Waals surface area (Å²) < 4.78 is 11.2. The van der Waals surface area contributed by atoms with Crippen LogP contribution in [0.25, 0.3) is 0 Å². The number of nitrogens with one attached hydrogen (secondary N) is 2. The maximum Gasteiger partial charge on any atom is 0.330 e. The lowest BCUT2D eigenvalue weighted by molar-refractivity contribution is -0.138. The first kappa shape index (κ1) is 23.6. The highest BCUT2D eigenvalue weighted by molar-refractivity contribution is 5.95. The second kappa shape index (κ2) is 10.9. The Morgan fingerprint density at radius 1 is 1.06 bits per heavy atom. The Kier molecular flexibility index (Phi) is 8.28. The van der Waals surface area contributed by atoms with Gasteiger partial charge in [-0.3, -0.25) is 5.41 Å². The SMILES string of the molecule is COc1cc(OCc2ccccc2)cc(C(Nc2ccc(C(=N)N)cc2)C(=O)O)c1.Cl. The van der Waals surface area contributed by atoms with Crippen LogP contribution >= 0.6 is 12.4 Å². The van der Waals surface area contributed by atoms with Crippen LogP contribution in [0.2, 0.25) is 0 Å². The second-order valence-electron chi connectivity index (χ2n) is 6.62. The van der Waals surface area contributed by atoms with Gasteiger partial charge in [0.15, 0.2) is 6.04 Å². The van der Waals surface area contributed by atoms with Gasteiger partial charge in [-0.25, -0.2) is 4.79 Å². The molecule has 0 radical (unpaired) electrons. The van der Waals surface area contributed by atoms with E-state index in [4.69, 9.17) is 20.6 Å². The number of hydrogen-bond donors (Lipinski definition) is 4. The number of anilines is 1. The van der Waals surface area contributed by atoms with Gasteiger partial charge >= 0.3 is 5.97 Å². The van der Waals surface area contributed by atoms with E-state index in [0.29, 0.717) is 34.9 Å². The number of aliphatic carboxylic acids is 1. The fourth-order valence-electron chi connectivity index (χ4n) is 2.90. The number of ether oxygens (including phenoxy) is 2. The summed E-state index contributed by atoms with van der Waals surface area (Å²) in [4.78, 5) is 12.0. The Morgan fingerprint density at radius 2 is 1.71 bits per heavy atom. The Hall–Kier alpha value is -3.71. The first-order chi connectivity index (χ1) is 14.5. The molecule has 0 aliphatic carbocycles. The van der Waals surface area contributed by atoms with Crippen molar-refractivity contribution in [2.24, 2.45) is 5.73 Å². The lowest BCUT2D eigenvalue weighted by atomic mass is 10.1. The number of benzene rings is 3. The lowest BCUT2D eigenvalue weighted by Crippen LogP contribution is -2.21. The number of carbonyl (C=O) groups is 1. The van der Waals surface area contributed by atoms with E-state index in [1.165, 1.54) is 7.11 Å². The van der Waals surface area contributed by atoms with Gasteiger partial charge in [0.05, 0.1) is 7.11 Å². The van der Waals surface area contributed by atoms with Crippen molar-refractivity contribution in [2.75, 3.05) is 12.4 Å². The third kappa shape index (κ3) is 6.38. The fourth-order valence-corrected chi connectivity index (χ4v) is 2.90. The minimum atomic E-state index is -1.05. The molecule has 0 heterocycles. The van der Waals surface area contributed by atoms with Crippen LogP contribution in [0.3, 0.4) is 0 Å². The highest BCUT2D eigenvalue weighted by Crippen LogP contribution is 2.29. The number of amidine groups is 1. The molecule has 0 amide bonds. The van der Waals surface area contributed by atoms with Crippen molar-refractivity contribution in [3.05, 3.63) is 89.5 Å². The summed E-state index contributed by atoms with van der Waals surface area (Å²) >= 11 is 0. The molecule has 0 saturated carbocycles. The average Bonchev–Trinajstić information content (AvgIpc) is 2.76. The summed E-state index contributed by atoms with van der Waals surface area (Å²) in [5.74, 6) is -0.0963. The molecule has 0 aliphatic heterocycles. The van der Waals surface area contributed by atoms with E-state index < -0.39 is 12.0 Å². The van der Waals surface area contributed by atoms with E-state index in [1.54, 1.807) is 42.5 Å². The molecular formula is C23H24ClN3O4. The zero-order chi connectivity index (χ0) is 21.5. The summed E-state index contributed by atoms with van der Waals surface area (Å²) in [5, 5.41) is 20.2. The number of hydrogen-bond acceptors (Lipinski definition) is 5.